The summed E-state index contributed by atoms with van der Waals surface area (Å²) in [5.74, 6) is 1.72. The molecule has 2 nitrogen and oxygen atoms in total. The monoisotopic (exact) mass is 493 g/mol. The molecular weight excluding hydrogens is 465 g/mol. The van der Waals surface area contributed by atoms with Crippen LogP contribution in [-0.2, 0) is 4.74 Å². The summed E-state index contributed by atoms with van der Waals surface area (Å²) in [4.78, 5) is 0. The van der Waals surface area contributed by atoms with Crippen LogP contribution in [0.2, 0.25) is 0 Å². The number of halogens is 4. The van der Waals surface area contributed by atoms with Crippen molar-refractivity contribution < 1.29 is 26.6 Å². The summed E-state index contributed by atoms with van der Waals surface area (Å²) in [6.45, 7) is 2.19. The second kappa shape index (κ2) is 12.2. The first kappa shape index (κ1) is 26.7. The van der Waals surface area contributed by atoms with E-state index in [2.05, 4.69) is 105 Å². The summed E-state index contributed by atoms with van der Waals surface area (Å²) in [7, 11) is -1.88. The van der Waals surface area contributed by atoms with Crippen molar-refractivity contribution in [1.82, 2.24) is 0 Å². The molecule has 0 unspecified atom stereocenters. The molecule has 0 spiro atoms. The maximum atomic E-state index is 9.75. The first-order valence-electron chi connectivity index (χ1n) is 11.6. The van der Waals surface area contributed by atoms with Crippen LogP contribution in [0.25, 0.3) is 11.3 Å². The summed E-state index contributed by atoms with van der Waals surface area (Å²) >= 11 is 0. The lowest BCUT2D eigenvalue weighted by Gasteiger charge is -2.19. The Morgan fingerprint density at radius 3 is 1.83 bits per heavy atom. The fourth-order valence-electron chi connectivity index (χ4n) is 3.67. The van der Waals surface area contributed by atoms with Gasteiger partial charge in [0.2, 0.25) is 0 Å². The summed E-state index contributed by atoms with van der Waals surface area (Å²) < 4.78 is 47.5. The van der Waals surface area contributed by atoms with E-state index in [-0.39, 0.29) is 0 Å². The van der Waals surface area contributed by atoms with E-state index >= 15 is 0 Å². The Labute approximate surface area is 209 Å². The first-order valence-corrected chi connectivity index (χ1v) is 11.6. The van der Waals surface area contributed by atoms with Crippen LogP contribution in [-0.4, -0.2) is 31.6 Å². The van der Waals surface area contributed by atoms with Gasteiger partial charge < -0.3 is 22.0 Å². The van der Waals surface area contributed by atoms with Gasteiger partial charge in [0.25, 0.3) is 0 Å². The molecule has 1 aliphatic carbocycles. The Kier molecular flexibility index (Phi) is 9.06. The molecule has 1 aliphatic heterocycles. The smallest absolute Gasteiger partial charge is 0.457 e. The van der Waals surface area contributed by atoms with Gasteiger partial charge in [-0.25, -0.2) is 4.58 Å². The number of benzene rings is 2. The lowest BCUT2D eigenvalue weighted by atomic mass is 9.97. The van der Waals surface area contributed by atoms with E-state index < -0.39 is 7.25 Å². The van der Waals surface area contributed by atoms with E-state index in [0.717, 1.165) is 29.1 Å². The van der Waals surface area contributed by atoms with Crippen LogP contribution < -0.4 is 0 Å². The number of ether oxygens (including phenoxy) is 1. The van der Waals surface area contributed by atoms with Crippen molar-refractivity contribution in [2.24, 2.45) is 0 Å². The molecule has 2 aromatic carbocycles. The zero-order valence-electron chi connectivity index (χ0n) is 20.5. The van der Waals surface area contributed by atoms with E-state index in [1.807, 2.05) is 24.3 Å². The Bertz CT molecular complexity index is 1250. The van der Waals surface area contributed by atoms with Crippen molar-refractivity contribution in [1.29, 1.82) is 0 Å². The van der Waals surface area contributed by atoms with E-state index in [9.17, 15) is 17.3 Å². The predicted molar refractivity (Wildman–Crippen MR) is 141 cm³/mol. The maximum Gasteiger partial charge on any atom is 0.673 e. The Morgan fingerprint density at radius 2 is 1.33 bits per heavy atom. The highest BCUT2D eigenvalue weighted by molar-refractivity contribution is 6.50. The van der Waals surface area contributed by atoms with Crippen LogP contribution in [0.3, 0.4) is 0 Å². The lowest BCUT2D eigenvalue weighted by Crippen LogP contribution is -2.10. The van der Waals surface area contributed by atoms with Crippen molar-refractivity contribution >= 4 is 24.3 Å². The van der Waals surface area contributed by atoms with Gasteiger partial charge in [0, 0.05) is 17.7 Å². The normalized spacial score (nSPS) is 16.0. The molecular formula is C29H28BF4NO. The predicted octanol–water partition coefficient (Wildman–Crippen LogP) is 7.87. The van der Waals surface area contributed by atoms with Gasteiger partial charge in [-0.05, 0) is 59.1 Å². The standard InChI is InChI=1S/C29H28NO.BF4/c1-4-22(24-15-17-27(18-16-24)30(2)3)19-28-20-26(23-11-7-5-8-12-23)21-29(31-28)25-13-9-6-10-14-25;2-1(3,4)5/h5-21H,4H2,1-3H3;/q+1;-1/b28-19+;. The third-order valence-corrected chi connectivity index (χ3v) is 5.43. The van der Waals surface area contributed by atoms with Crippen LogP contribution in [0.1, 0.15) is 24.5 Å². The topological polar surface area (TPSA) is 12.2 Å². The highest BCUT2D eigenvalue weighted by Crippen LogP contribution is 2.33. The van der Waals surface area contributed by atoms with Gasteiger partial charge >= 0.3 is 7.25 Å². The fourth-order valence-corrected chi connectivity index (χ4v) is 3.67. The molecule has 0 atom stereocenters. The Hall–Kier alpha value is -3.87. The highest BCUT2D eigenvalue weighted by Gasteiger charge is 2.20. The molecule has 7 heteroatoms. The Balaban J connectivity index is 0.000000658. The van der Waals surface area contributed by atoms with Gasteiger partial charge in [0.15, 0.2) is 5.71 Å². The molecule has 186 valence electrons. The number of hydrogen-bond acceptors (Lipinski definition) is 1. The lowest BCUT2D eigenvalue weighted by molar-refractivity contribution is -0.462. The van der Waals surface area contributed by atoms with E-state index in [1.165, 1.54) is 22.4 Å². The van der Waals surface area contributed by atoms with E-state index in [4.69, 9.17) is 4.74 Å². The van der Waals surface area contributed by atoms with Crippen LogP contribution in [0.4, 0.5) is 17.3 Å². The molecule has 0 amide bonds. The zero-order chi connectivity index (χ0) is 26.1. The third kappa shape index (κ3) is 8.12. The van der Waals surface area contributed by atoms with Crippen LogP contribution in [0.15, 0.2) is 120 Å². The quantitative estimate of drug-likeness (QED) is 0.240. The molecule has 2 aliphatic rings. The van der Waals surface area contributed by atoms with Crippen molar-refractivity contribution in [2.75, 3.05) is 14.1 Å². The second-order valence-electron chi connectivity index (χ2n) is 8.30. The number of allylic oxidation sites excluding steroid dienone is 10. The third-order valence-electron chi connectivity index (χ3n) is 5.43. The number of nitrogens with zero attached hydrogens (tertiary/aromatic N) is 1. The average Bonchev–Trinajstić information content (AvgIpc) is 2.87. The summed E-state index contributed by atoms with van der Waals surface area (Å²) in [6, 6.07) is 20.7. The maximum absolute atomic E-state index is 9.75. The minimum absolute atomic E-state index is 0.855. The van der Waals surface area contributed by atoms with E-state index in [1.54, 1.807) is 0 Å². The highest BCUT2D eigenvalue weighted by atomic mass is 19.5. The molecule has 0 saturated carbocycles. The van der Waals surface area contributed by atoms with Gasteiger partial charge in [0.1, 0.15) is 25.6 Å². The fraction of sp³-hybridized carbons (Fsp3) is 0.138. The van der Waals surface area contributed by atoms with Crippen molar-refractivity contribution in [2.45, 2.75) is 13.3 Å². The van der Waals surface area contributed by atoms with Gasteiger partial charge in [-0.1, -0.05) is 67.6 Å². The van der Waals surface area contributed by atoms with Gasteiger partial charge in [-0.2, -0.15) is 0 Å². The van der Waals surface area contributed by atoms with Crippen molar-refractivity contribution in [3.63, 3.8) is 0 Å². The molecule has 2 aromatic rings. The summed E-state index contributed by atoms with van der Waals surface area (Å²) in [6.07, 6.45) is 16.0. The molecule has 0 radical (unpaired) electrons. The van der Waals surface area contributed by atoms with E-state index in [0.29, 0.717) is 0 Å². The molecule has 1 heterocycles. The largest absolute Gasteiger partial charge is 0.673 e. The molecule has 36 heavy (non-hydrogen) atoms. The Morgan fingerprint density at radius 1 is 0.806 bits per heavy atom. The van der Waals surface area contributed by atoms with Gasteiger partial charge in [-0.15, -0.1) is 0 Å². The molecule has 0 fully saturated rings. The van der Waals surface area contributed by atoms with Crippen molar-refractivity contribution in [3.05, 3.63) is 131 Å². The number of hydrogen-bond donors (Lipinski definition) is 0. The zero-order valence-corrected chi connectivity index (χ0v) is 20.5. The van der Waals surface area contributed by atoms with Gasteiger partial charge in [0.05, 0.1) is 0 Å². The summed E-state index contributed by atoms with van der Waals surface area (Å²) in [5.41, 5.74) is 7.06. The van der Waals surface area contributed by atoms with Crippen LogP contribution >= 0.6 is 0 Å². The van der Waals surface area contributed by atoms with Crippen LogP contribution in [0.5, 0.6) is 0 Å². The SMILES string of the molecule is CCC(/C=C1\C=C(c2ccccc2)C=C(c2ccccc2)O1)=C1C=CC(=[N+](C)C)C=C1.F[B-](F)(F)F. The molecule has 0 bridgehead atoms. The minimum atomic E-state index is -6.00. The minimum Gasteiger partial charge on any atom is -0.457 e. The molecule has 0 N–H and O–H groups in total. The molecule has 4 rings (SSSR count). The molecule has 0 aromatic heterocycles. The van der Waals surface area contributed by atoms with Crippen LogP contribution in [0, 0.1) is 0 Å². The second-order valence-corrected chi connectivity index (χ2v) is 8.30. The van der Waals surface area contributed by atoms with Gasteiger partial charge in [-0.3, -0.25) is 0 Å². The first-order chi connectivity index (χ1) is 17.1. The summed E-state index contributed by atoms with van der Waals surface area (Å²) in [5, 5.41) is 0. The number of rotatable bonds is 4. The van der Waals surface area contributed by atoms with Crippen molar-refractivity contribution in [3.8, 4) is 0 Å². The molecule has 0 saturated heterocycles. The average molecular weight is 493 g/mol.